The molecule has 164 valence electrons. The zero-order valence-electron chi connectivity index (χ0n) is 18.1. The third-order valence-electron chi connectivity index (χ3n) is 6.42. The van der Waals surface area contributed by atoms with Crippen molar-refractivity contribution < 1.29 is 18.9 Å². The lowest BCUT2D eigenvalue weighted by atomic mass is 9.81. The van der Waals surface area contributed by atoms with E-state index >= 15 is 0 Å². The molecular weight excluding hydrogens is 401 g/mol. The van der Waals surface area contributed by atoms with Crippen molar-refractivity contribution in [3.05, 3.63) is 75.1 Å². The number of amides is 2. The second-order valence-corrected chi connectivity index (χ2v) is 8.05. The Morgan fingerprint density at radius 2 is 1.77 bits per heavy atom. The van der Waals surface area contributed by atoms with Crippen molar-refractivity contribution in [2.24, 2.45) is 0 Å². The summed E-state index contributed by atoms with van der Waals surface area (Å²) in [5, 5.41) is 11.5. The quantitative estimate of drug-likeness (QED) is 0.523. The van der Waals surface area contributed by atoms with Gasteiger partial charge in [0.1, 0.15) is 17.4 Å². The van der Waals surface area contributed by atoms with Crippen molar-refractivity contribution in [1.29, 1.82) is 0 Å². The molecule has 0 radical (unpaired) electrons. The van der Waals surface area contributed by atoms with E-state index in [4.69, 9.17) is 0 Å². The van der Waals surface area contributed by atoms with E-state index in [2.05, 4.69) is 0 Å². The van der Waals surface area contributed by atoms with Crippen LogP contribution < -0.4 is 0 Å². The number of carbonyl (C=O) groups excluding carboxylic acids is 2. The van der Waals surface area contributed by atoms with Crippen molar-refractivity contribution in [1.82, 2.24) is 9.80 Å². The highest BCUT2D eigenvalue weighted by atomic mass is 19.1. The second-order valence-electron chi connectivity index (χ2n) is 8.05. The first-order valence-electron chi connectivity index (χ1n) is 10.1. The Hall–Kier alpha value is -3.29. The summed E-state index contributed by atoms with van der Waals surface area (Å²) in [6, 6.07) is 9.81. The number of rotatable bonds is 6. The highest BCUT2D eigenvalue weighted by Crippen LogP contribution is 2.34. The molecule has 2 aromatic carbocycles. The molecule has 0 N–H and O–H groups in total. The largest absolute Gasteiger partial charge is 0.331 e. The first-order valence-corrected chi connectivity index (χ1v) is 10.1. The van der Waals surface area contributed by atoms with Gasteiger partial charge in [0.2, 0.25) is 11.8 Å². The first kappa shape index (κ1) is 22.4. The lowest BCUT2D eigenvalue weighted by molar-refractivity contribution is -0.385. The summed E-state index contributed by atoms with van der Waals surface area (Å²) in [5.74, 6) is -0.878. The van der Waals surface area contributed by atoms with Crippen molar-refractivity contribution >= 4 is 17.5 Å². The summed E-state index contributed by atoms with van der Waals surface area (Å²) in [6.45, 7) is 3.59. The predicted molar refractivity (Wildman–Crippen MR) is 114 cm³/mol. The molecule has 1 saturated heterocycles. The number of halogens is 1. The molecule has 0 spiro atoms. The fourth-order valence-electron chi connectivity index (χ4n) is 4.40. The topological polar surface area (TPSA) is 83.8 Å². The van der Waals surface area contributed by atoms with Gasteiger partial charge in [-0.2, -0.15) is 0 Å². The number of nitro groups is 1. The molecule has 0 aliphatic carbocycles. The monoisotopic (exact) mass is 427 g/mol. The number of piperazine rings is 1. The summed E-state index contributed by atoms with van der Waals surface area (Å²) in [7, 11) is 3.16. The van der Waals surface area contributed by atoms with Crippen LogP contribution in [0.25, 0.3) is 0 Å². The Bertz CT molecular complexity index is 1020. The molecule has 8 heteroatoms. The van der Waals surface area contributed by atoms with Gasteiger partial charge >= 0.3 is 0 Å². The smallest absolute Gasteiger partial charge is 0.272 e. The van der Waals surface area contributed by atoms with Crippen molar-refractivity contribution in [2.45, 2.75) is 44.7 Å². The summed E-state index contributed by atoms with van der Waals surface area (Å²) < 4.78 is 13.3. The summed E-state index contributed by atoms with van der Waals surface area (Å²) >= 11 is 0. The molecule has 0 bridgehead atoms. The van der Waals surface area contributed by atoms with Gasteiger partial charge in [-0.05, 0) is 36.6 Å². The van der Waals surface area contributed by atoms with E-state index in [9.17, 15) is 24.1 Å². The number of nitro benzene ring substituents is 1. The fourth-order valence-corrected chi connectivity index (χ4v) is 4.40. The Kier molecular flexibility index (Phi) is 6.10. The molecule has 2 atom stereocenters. The van der Waals surface area contributed by atoms with Gasteiger partial charge in [0, 0.05) is 38.6 Å². The van der Waals surface area contributed by atoms with Crippen LogP contribution in [-0.2, 0) is 22.4 Å². The maximum absolute atomic E-state index is 13.5. The molecule has 1 aliphatic rings. The molecule has 3 rings (SSSR count). The number of hydrogen-bond donors (Lipinski definition) is 0. The zero-order chi connectivity index (χ0) is 22.9. The lowest BCUT2D eigenvalue weighted by Crippen LogP contribution is -2.70. The molecular formula is C23H26FN3O4. The number of likely N-dealkylation sites (N-methyl/N-ethyl adjacent to an activating group) is 2. The molecule has 1 heterocycles. The Labute approximate surface area is 180 Å². The van der Waals surface area contributed by atoms with Gasteiger partial charge in [-0.3, -0.25) is 19.7 Å². The lowest BCUT2D eigenvalue weighted by Gasteiger charge is -2.50. The van der Waals surface area contributed by atoms with Crippen LogP contribution in [0.5, 0.6) is 0 Å². The Balaban J connectivity index is 1.96. The Morgan fingerprint density at radius 1 is 1.13 bits per heavy atom. The van der Waals surface area contributed by atoms with Crippen LogP contribution in [-0.4, -0.2) is 52.2 Å². The summed E-state index contributed by atoms with van der Waals surface area (Å²) in [6.07, 6.45) is 0.699. The average Bonchev–Trinajstić information content (AvgIpc) is 2.75. The molecule has 2 unspecified atom stereocenters. The van der Waals surface area contributed by atoms with E-state index in [0.29, 0.717) is 17.5 Å². The van der Waals surface area contributed by atoms with Crippen LogP contribution >= 0.6 is 0 Å². The SMILES string of the molecule is CCC1(Cc2ccc(F)cc2)C(=O)N(C)C(Cc2c(C)cccc2[N+](=O)[O-])C(=O)N1C. The van der Waals surface area contributed by atoms with E-state index in [1.54, 1.807) is 45.3 Å². The maximum Gasteiger partial charge on any atom is 0.272 e. The average molecular weight is 427 g/mol. The first-order chi connectivity index (χ1) is 14.6. The van der Waals surface area contributed by atoms with E-state index in [0.717, 1.165) is 5.56 Å². The summed E-state index contributed by atoms with van der Waals surface area (Å²) in [4.78, 5) is 40.8. The maximum atomic E-state index is 13.5. The number of benzene rings is 2. The van der Waals surface area contributed by atoms with E-state index < -0.39 is 16.5 Å². The van der Waals surface area contributed by atoms with Gasteiger partial charge in [-0.25, -0.2) is 4.39 Å². The molecule has 31 heavy (non-hydrogen) atoms. The molecule has 2 amide bonds. The molecule has 1 fully saturated rings. The number of hydrogen-bond acceptors (Lipinski definition) is 4. The number of carbonyl (C=O) groups is 2. The van der Waals surface area contributed by atoms with Gasteiger partial charge in [-0.1, -0.05) is 31.2 Å². The highest BCUT2D eigenvalue weighted by molar-refractivity contribution is 6.00. The molecule has 1 aliphatic heterocycles. The third-order valence-corrected chi connectivity index (χ3v) is 6.42. The van der Waals surface area contributed by atoms with E-state index in [-0.39, 0.29) is 36.2 Å². The van der Waals surface area contributed by atoms with Crippen LogP contribution in [0.4, 0.5) is 10.1 Å². The van der Waals surface area contributed by atoms with Crippen molar-refractivity contribution in [2.75, 3.05) is 14.1 Å². The molecule has 0 saturated carbocycles. The Morgan fingerprint density at radius 3 is 2.35 bits per heavy atom. The fraction of sp³-hybridized carbons (Fsp3) is 0.391. The molecule has 0 aromatic heterocycles. The second kappa shape index (κ2) is 8.45. The van der Waals surface area contributed by atoms with Crippen LogP contribution in [0.15, 0.2) is 42.5 Å². The van der Waals surface area contributed by atoms with Crippen molar-refractivity contribution in [3.8, 4) is 0 Å². The molecule has 2 aromatic rings. The minimum atomic E-state index is -1.10. The summed E-state index contributed by atoms with van der Waals surface area (Å²) in [5.41, 5.74) is 0.732. The van der Waals surface area contributed by atoms with Gasteiger partial charge in [0.05, 0.1) is 4.92 Å². The number of aryl methyl sites for hydroxylation is 1. The predicted octanol–water partition coefficient (Wildman–Crippen LogP) is 3.28. The number of nitrogens with zero attached hydrogens (tertiary/aromatic N) is 3. The van der Waals surface area contributed by atoms with Crippen LogP contribution in [0.1, 0.15) is 30.0 Å². The minimum Gasteiger partial charge on any atom is -0.331 e. The van der Waals surface area contributed by atoms with Gasteiger partial charge in [0.25, 0.3) is 5.69 Å². The standard InChI is InChI=1S/C23H26FN3O4/c1-5-23(14-16-9-11-17(24)12-10-16)22(29)25(3)20(21(28)26(23)4)13-18-15(2)7-6-8-19(18)27(30)31/h6-12,20H,5,13-14H2,1-4H3. The third kappa shape index (κ3) is 3.89. The highest BCUT2D eigenvalue weighted by Gasteiger charge is 2.52. The van der Waals surface area contributed by atoms with Gasteiger partial charge < -0.3 is 9.80 Å². The molecule has 7 nitrogen and oxygen atoms in total. The minimum absolute atomic E-state index is 0.0602. The van der Waals surface area contributed by atoms with Gasteiger partial charge in [0.15, 0.2) is 0 Å². The van der Waals surface area contributed by atoms with Crippen LogP contribution in [0.3, 0.4) is 0 Å². The van der Waals surface area contributed by atoms with Crippen LogP contribution in [0, 0.1) is 22.9 Å². The van der Waals surface area contributed by atoms with E-state index in [1.807, 2.05) is 6.92 Å². The van der Waals surface area contributed by atoms with Crippen molar-refractivity contribution in [3.63, 3.8) is 0 Å². The van der Waals surface area contributed by atoms with Gasteiger partial charge in [-0.15, -0.1) is 0 Å². The van der Waals surface area contributed by atoms with Crippen LogP contribution in [0.2, 0.25) is 0 Å². The van der Waals surface area contributed by atoms with E-state index in [1.165, 1.54) is 28.0 Å². The normalized spacial score (nSPS) is 21.5. The zero-order valence-corrected chi connectivity index (χ0v) is 18.1.